The second-order valence-electron chi connectivity index (χ2n) is 7.12. The number of amides is 1. The van der Waals surface area contributed by atoms with Crippen molar-refractivity contribution in [2.45, 2.75) is 30.6 Å². The maximum Gasteiger partial charge on any atom is 0.272 e. The number of rotatable bonds is 6. The van der Waals surface area contributed by atoms with Gasteiger partial charge in [-0.1, -0.05) is 23.9 Å². The van der Waals surface area contributed by atoms with Crippen LogP contribution in [-0.2, 0) is 16.1 Å². The Balaban J connectivity index is 1.44. The molecule has 1 aromatic carbocycles. The number of carbonyl (C=O) groups excluding carboxylic acids is 1. The van der Waals surface area contributed by atoms with Gasteiger partial charge >= 0.3 is 0 Å². The Morgan fingerprint density at radius 2 is 2.19 bits per heavy atom. The van der Waals surface area contributed by atoms with E-state index in [0.29, 0.717) is 34.3 Å². The molecule has 31 heavy (non-hydrogen) atoms. The first-order valence-electron chi connectivity index (χ1n) is 9.76. The van der Waals surface area contributed by atoms with E-state index in [1.54, 1.807) is 21.1 Å². The summed E-state index contributed by atoms with van der Waals surface area (Å²) in [6.45, 7) is 1.11. The number of hydrogen-bond donors (Lipinski definition) is 1. The van der Waals surface area contributed by atoms with Gasteiger partial charge in [0.1, 0.15) is 10.5 Å². The summed E-state index contributed by atoms with van der Waals surface area (Å²) in [6.07, 6.45) is 1.84. The smallest absolute Gasteiger partial charge is 0.272 e. The van der Waals surface area contributed by atoms with Crippen molar-refractivity contribution in [3.63, 3.8) is 0 Å². The lowest BCUT2D eigenvalue weighted by atomic mass is 10.2. The molecule has 1 aliphatic heterocycles. The van der Waals surface area contributed by atoms with Crippen LogP contribution in [0.3, 0.4) is 0 Å². The lowest BCUT2D eigenvalue weighted by Crippen LogP contribution is -2.28. The number of carbonyl (C=O) groups is 1. The van der Waals surface area contributed by atoms with Gasteiger partial charge in [-0.25, -0.2) is 4.39 Å². The average molecular weight is 460 g/mol. The highest BCUT2D eigenvalue weighted by atomic mass is 32.2. The van der Waals surface area contributed by atoms with Crippen LogP contribution in [0, 0.1) is 5.82 Å². The zero-order valence-electron chi connectivity index (χ0n) is 16.3. The first kappa shape index (κ1) is 20.2. The fraction of sp³-hybridized carbons (Fsp3) is 0.300. The van der Waals surface area contributed by atoms with Gasteiger partial charge in [-0.15, -0.1) is 21.5 Å². The van der Waals surface area contributed by atoms with E-state index in [0.717, 1.165) is 12.8 Å². The molecular formula is C20H18FN5O3S2. The minimum Gasteiger partial charge on any atom is -0.376 e. The lowest BCUT2D eigenvalue weighted by molar-refractivity contribution is -0.113. The number of para-hydroxylation sites is 1. The highest BCUT2D eigenvalue weighted by molar-refractivity contribution is 7.99. The summed E-state index contributed by atoms with van der Waals surface area (Å²) in [5, 5.41) is 13.4. The van der Waals surface area contributed by atoms with Crippen LogP contribution in [0.1, 0.15) is 12.8 Å². The molecule has 4 aromatic rings. The third kappa shape index (κ3) is 3.84. The van der Waals surface area contributed by atoms with E-state index in [1.807, 2.05) is 11.4 Å². The van der Waals surface area contributed by atoms with Gasteiger partial charge in [-0.3, -0.25) is 18.6 Å². The van der Waals surface area contributed by atoms with E-state index < -0.39 is 5.82 Å². The number of thioether (sulfide) groups is 1. The number of nitrogens with zero attached hydrogens (tertiary/aromatic N) is 4. The molecule has 1 atom stereocenters. The van der Waals surface area contributed by atoms with Gasteiger partial charge in [0, 0.05) is 6.61 Å². The third-order valence-electron chi connectivity index (χ3n) is 5.07. The number of thiophene rings is 1. The summed E-state index contributed by atoms with van der Waals surface area (Å²) in [7, 11) is 0. The van der Waals surface area contributed by atoms with Crippen molar-refractivity contribution in [1.82, 2.24) is 19.2 Å². The molecular weight excluding hydrogens is 441 g/mol. The zero-order chi connectivity index (χ0) is 21.4. The van der Waals surface area contributed by atoms with Crippen molar-refractivity contribution in [2.24, 2.45) is 0 Å². The van der Waals surface area contributed by atoms with Crippen molar-refractivity contribution >= 4 is 50.7 Å². The number of aromatic nitrogens is 4. The molecule has 3 aromatic heterocycles. The number of anilines is 1. The van der Waals surface area contributed by atoms with Crippen LogP contribution in [-0.4, -0.2) is 43.5 Å². The molecule has 0 radical (unpaired) electrons. The summed E-state index contributed by atoms with van der Waals surface area (Å²) >= 11 is 2.54. The maximum atomic E-state index is 13.8. The van der Waals surface area contributed by atoms with Gasteiger partial charge in [-0.2, -0.15) is 0 Å². The summed E-state index contributed by atoms with van der Waals surface area (Å²) in [6, 6.07) is 7.85. The Labute approximate surface area is 184 Å². The van der Waals surface area contributed by atoms with E-state index >= 15 is 0 Å². The predicted octanol–water partition coefficient (Wildman–Crippen LogP) is 3.15. The number of hydrogen-bond acceptors (Lipinski definition) is 7. The van der Waals surface area contributed by atoms with Crippen LogP contribution in [0.15, 0.2) is 45.7 Å². The topological polar surface area (TPSA) is 90.5 Å². The molecule has 1 amide bonds. The molecule has 11 heteroatoms. The second-order valence-corrected chi connectivity index (χ2v) is 8.98. The summed E-state index contributed by atoms with van der Waals surface area (Å²) in [5.41, 5.74) is 0.717. The fourth-order valence-electron chi connectivity index (χ4n) is 3.63. The summed E-state index contributed by atoms with van der Waals surface area (Å²) < 4.78 is 23.5. The standard InChI is InChI=1S/C20H18FN5O3S2/c21-13-5-1-2-6-14(13)22-16(27)11-31-20-24-23-19-25(10-12-4-3-8-29-12)18(28)17-15(26(19)20)7-9-30-17/h1-2,5-7,9,12H,3-4,8,10-11H2,(H,22,27). The summed E-state index contributed by atoms with van der Waals surface area (Å²) in [4.78, 5) is 25.4. The van der Waals surface area contributed by atoms with Crippen molar-refractivity contribution in [3.8, 4) is 0 Å². The Morgan fingerprint density at radius 3 is 3.00 bits per heavy atom. The largest absolute Gasteiger partial charge is 0.376 e. The van der Waals surface area contributed by atoms with Gasteiger partial charge < -0.3 is 10.1 Å². The third-order valence-corrected chi connectivity index (χ3v) is 6.89. The molecule has 0 aliphatic carbocycles. The molecule has 4 heterocycles. The molecule has 0 spiro atoms. The Hall–Kier alpha value is -2.76. The van der Waals surface area contributed by atoms with E-state index in [-0.39, 0.29) is 29.0 Å². The molecule has 1 N–H and O–H groups in total. The van der Waals surface area contributed by atoms with E-state index in [4.69, 9.17) is 4.74 Å². The Bertz CT molecular complexity index is 1330. The summed E-state index contributed by atoms with van der Waals surface area (Å²) in [5.74, 6) is -0.414. The van der Waals surface area contributed by atoms with Crippen LogP contribution in [0.5, 0.6) is 0 Å². The highest BCUT2D eigenvalue weighted by Gasteiger charge is 2.23. The van der Waals surface area contributed by atoms with Gasteiger partial charge in [0.15, 0.2) is 5.16 Å². The first-order chi connectivity index (χ1) is 15.1. The van der Waals surface area contributed by atoms with E-state index in [9.17, 15) is 14.0 Å². The molecule has 0 bridgehead atoms. The van der Waals surface area contributed by atoms with Crippen LogP contribution < -0.4 is 10.9 Å². The Morgan fingerprint density at radius 1 is 1.32 bits per heavy atom. The number of benzene rings is 1. The highest BCUT2D eigenvalue weighted by Crippen LogP contribution is 2.25. The molecule has 5 rings (SSSR count). The minimum absolute atomic E-state index is 0.0195. The first-order valence-corrected chi connectivity index (χ1v) is 11.6. The second kappa shape index (κ2) is 8.40. The zero-order valence-corrected chi connectivity index (χ0v) is 17.9. The number of ether oxygens (including phenoxy) is 1. The lowest BCUT2D eigenvalue weighted by Gasteiger charge is -2.13. The van der Waals surface area contributed by atoms with Crippen LogP contribution in [0.25, 0.3) is 16.0 Å². The predicted molar refractivity (Wildman–Crippen MR) is 117 cm³/mol. The van der Waals surface area contributed by atoms with Gasteiger partial charge in [-0.05, 0) is 36.4 Å². The van der Waals surface area contributed by atoms with Crippen molar-refractivity contribution in [1.29, 1.82) is 0 Å². The molecule has 1 unspecified atom stereocenters. The van der Waals surface area contributed by atoms with Crippen LogP contribution in [0.4, 0.5) is 10.1 Å². The van der Waals surface area contributed by atoms with Crippen molar-refractivity contribution < 1.29 is 13.9 Å². The van der Waals surface area contributed by atoms with E-state index in [2.05, 4.69) is 15.5 Å². The monoisotopic (exact) mass is 459 g/mol. The molecule has 160 valence electrons. The van der Waals surface area contributed by atoms with Crippen LogP contribution >= 0.6 is 23.1 Å². The number of fused-ring (bicyclic) bond motifs is 3. The quantitative estimate of drug-likeness (QED) is 0.446. The minimum atomic E-state index is -0.494. The molecule has 0 saturated carbocycles. The molecule has 8 nitrogen and oxygen atoms in total. The normalized spacial score (nSPS) is 16.4. The molecule has 1 saturated heterocycles. The van der Waals surface area contributed by atoms with Crippen molar-refractivity contribution in [2.75, 3.05) is 17.7 Å². The Kier molecular flexibility index (Phi) is 5.47. The maximum absolute atomic E-state index is 13.8. The van der Waals surface area contributed by atoms with Gasteiger partial charge in [0.2, 0.25) is 11.7 Å². The molecule has 1 aliphatic rings. The van der Waals surface area contributed by atoms with E-state index in [1.165, 1.54) is 35.2 Å². The number of halogens is 1. The van der Waals surface area contributed by atoms with Crippen LogP contribution in [0.2, 0.25) is 0 Å². The van der Waals surface area contributed by atoms with Crippen molar-refractivity contribution in [3.05, 3.63) is 51.9 Å². The fourth-order valence-corrected chi connectivity index (χ4v) is 5.19. The van der Waals surface area contributed by atoms with Gasteiger partial charge in [0.25, 0.3) is 5.56 Å². The molecule has 1 fully saturated rings. The average Bonchev–Trinajstić information content (AvgIpc) is 3.51. The van der Waals surface area contributed by atoms with Gasteiger partial charge in [0.05, 0.1) is 29.6 Å². The SMILES string of the molecule is O=C(CSc1nnc2n(CC3CCCO3)c(=O)c3sccc3n12)Nc1ccccc1F. The number of nitrogens with one attached hydrogen (secondary N) is 1.